The standard InChI is InChI=1S/C15H22F2N2O3/c1-15(9-20,10-21)8-19(2)7-14(22)18-6-11-3-12(16)5-13(17)4-11/h3-5,20-21H,6-10H2,1-2H3,(H,18,22). The van der Waals surface area contributed by atoms with Gasteiger partial charge in [0.05, 0.1) is 19.8 Å². The third kappa shape index (κ3) is 6.05. The lowest BCUT2D eigenvalue weighted by Crippen LogP contribution is -2.43. The highest BCUT2D eigenvalue weighted by Gasteiger charge is 2.25. The number of hydrogen-bond acceptors (Lipinski definition) is 4. The van der Waals surface area contributed by atoms with E-state index in [2.05, 4.69) is 5.32 Å². The van der Waals surface area contributed by atoms with Crippen LogP contribution in [0.2, 0.25) is 0 Å². The number of nitrogens with one attached hydrogen (secondary N) is 1. The third-order valence-electron chi connectivity index (χ3n) is 3.24. The number of aliphatic hydroxyl groups excluding tert-OH is 2. The summed E-state index contributed by atoms with van der Waals surface area (Å²) in [7, 11) is 1.69. The van der Waals surface area contributed by atoms with Gasteiger partial charge in [0.25, 0.3) is 0 Å². The first-order chi connectivity index (χ1) is 10.3. The Bertz CT molecular complexity index is 487. The SMILES string of the molecule is CN(CC(=O)NCc1cc(F)cc(F)c1)CC(C)(CO)CO. The summed E-state index contributed by atoms with van der Waals surface area (Å²) in [6.07, 6.45) is 0. The van der Waals surface area contributed by atoms with E-state index in [4.69, 9.17) is 0 Å². The molecule has 0 aliphatic heterocycles. The van der Waals surface area contributed by atoms with E-state index >= 15 is 0 Å². The van der Waals surface area contributed by atoms with E-state index in [0.29, 0.717) is 12.1 Å². The smallest absolute Gasteiger partial charge is 0.234 e. The Morgan fingerprint density at radius 2 is 1.77 bits per heavy atom. The van der Waals surface area contributed by atoms with Gasteiger partial charge in [-0.1, -0.05) is 6.92 Å². The maximum Gasteiger partial charge on any atom is 0.234 e. The average Bonchev–Trinajstić information content (AvgIpc) is 2.44. The van der Waals surface area contributed by atoms with E-state index in [-0.39, 0.29) is 32.2 Å². The predicted octanol–water partition coefficient (Wildman–Crippen LogP) is 0.504. The van der Waals surface area contributed by atoms with Gasteiger partial charge in [0.2, 0.25) is 5.91 Å². The zero-order chi connectivity index (χ0) is 16.8. The number of amides is 1. The number of benzene rings is 1. The highest BCUT2D eigenvalue weighted by Crippen LogP contribution is 2.15. The molecule has 0 spiro atoms. The van der Waals surface area contributed by atoms with Crippen LogP contribution in [0.3, 0.4) is 0 Å². The van der Waals surface area contributed by atoms with Gasteiger partial charge in [-0.3, -0.25) is 9.69 Å². The Labute approximate surface area is 128 Å². The Balaban J connectivity index is 2.46. The average molecular weight is 316 g/mol. The molecule has 22 heavy (non-hydrogen) atoms. The second-order valence-corrected chi connectivity index (χ2v) is 5.85. The van der Waals surface area contributed by atoms with Crippen LogP contribution < -0.4 is 5.32 Å². The van der Waals surface area contributed by atoms with Crippen molar-refractivity contribution < 1.29 is 23.8 Å². The lowest BCUT2D eigenvalue weighted by atomic mass is 9.92. The van der Waals surface area contributed by atoms with Gasteiger partial charge in [0, 0.05) is 24.6 Å². The molecule has 0 bridgehead atoms. The molecule has 124 valence electrons. The quantitative estimate of drug-likeness (QED) is 0.653. The first-order valence-electron chi connectivity index (χ1n) is 6.90. The molecule has 0 fully saturated rings. The van der Waals surface area contributed by atoms with Gasteiger partial charge in [-0.25, -0.2) is 8.78 Å². The van der Waals surface area contributed by atoms with Crippen molar-refractivity contribution in [3.63, 3.8) is 0 Å². The van der Waals surface area contributed by atoms with E-state index in [1.807, 2.05) is 0 Å². The fraction of sp³-hybridized carbons (Fsp3) is 0.533. The topological polar surface area (TPSA) is 72.8 Å². The molecule has 0 saturated heterocycles. The Morgan fingerprint density at radius 1 is 1.23 bits per heavy atom. The van der Waals surface area contributed by atoms with Crippen LogP contribution >= 0.6 is 0 Å². The first kappa shape index (κ1) is 18.5. The predicted molar refractivity (Wildman–Crippen MR) is 78.0 cm³/mol. The number of nitrogens with zero attached hydrogens (tertiary/aromatic N) is 1. The number of likely N-dealkylation sites (N-methyl/N-ethyl adjacent to an activating group) is 1. The zero-order valence-electron chi connectivity index (χ0n) is 12.8. The van der Waals surface area contributed by atoms with Gasteiger partial charge >= 0.3 is 0 Å². The summed E-state index contributed by atoms with van der Waals surface area (Å²) in [5, 5.41) is 21.0. The number of carbonyl (C=O) groups excluding carboxylic acids is 1. The molecule has 0 unspecified atom stereocenters. The summed E-state index contributed by atoms with van der Waals surface area (Å²) < 4.78 is 26.0. The van der Waals surface area contributed by atoms with Gasteiger partial charge < -0.3 is 15.5 Å². The summed E-state index contributed by atoms with van der Waals surface area (Å²) in [6, 6.07) is 3.08. The largest absolute Gasteiger partial charge is 0.396 e. The maximum atomic E-state index is 13.0. The minimum atomic E-state index is -0.694. The van der Waals surface area contributed by atoms with Crippen molar-refractivity contribution in [1.29, 1.82) is 0 Å². The molecule has 7 heteroatoms. The van der Waals surface area contributed by atoms with Crippen molar-refractivity contribution in [2.45, 2.75) is 13.5 Å². The van der Waals surface area contributed by atoms with E-state index in [1.54, 1.807) is 18.9 Å². The lowest BCUT2D eigenvalue weighted by Gasteiger charge is -2.29. The number of aliphatic hydroxyl groups is 2. The van der Waals surface area contributed by atoms with E-state index in [9.17, 15) is 23.8 Å². The molecule has 1 aromatic rings. The fourth-order valence-electron chi connectivity index (χ4n) is 2.07. The van der Waals surface area contributed by atoms with Gasteiger partial charge in [-0.2, -0.15) is 0 Å². The monoisotopic (exact) mass is 316 g/mol. The molecule has 0 heterocycles. The van der Waals surface area contributed by atoms with Gasteiger partial charge in [-0.05, 0) is 24.7 Å². The van der Waals surface area contributed by atoms with Crippen molar-refractivity contribution >= 4 is 5.91 Å². The summed E-state index contributed by atoms with van der Waals surface area (Å²) in [5.41, 5.74) is -0.357. The highest BCUT2D eigenvalue weighted by molar-refractivity contribution is 5.77. The molecular formula is C15H22F2N2O3. The number of hydrogen-bond donors (Lipinski definition) is 3. The van der Waals surface area contributed by atoms with Crippen LogP contribution in [0.4, 0.5) is 8.78 Å². The normalized spacial score (nSPS) is 11.8. The minimum absolute atomic E-state index is 0.0264. The van der Waals surface area contributed by atoms with Crippen LogP contribution in [0, 0.1) is 17.0 Å². The van der Waals surface area contributed by atoms with Crippen LogP contribution in [0.25, 0.3) is 0 Å². The van der Waals surface area contributed by atoms with E-state index < -0.39 is 17.0 Å². The third-order valence-corrected chi connectivity index (χ3v) is 3.24. The van der Waals surface area contributed by atoms with Crippen LogP contribution in [0.5, 0.6) is 0 Å². The van der Waals surface area contributed by atoms with Gasteiger partial charge in [0.15, 0.2) is 0 Å². The van der Waals surface area contributed by atoms with Crippen LogP contribution in [0.1, 0.15) is 12.5 Å². The van der Waals surface area contributed by atoms with Crippen molar-refractivity contribution in [3.8, 4) is 0 Å². The molecule has 0 aromatic heterocycles. The molecule has 0 aliphatic carbocycles. The summed E-state index contributed by atoms with van der Waals surface area (Å²) in [5.74, 6) is -1.70. The zero-order valence-corrected chi connectivity index (χ0v) is 12.8. The first-order valence-corrected chi connectivity index (χ1v) is 6.90. The summed E-state index contributed by atoms with van der Waals surface area (Å²) in [4.78, 5) is 13.5. The van der Waals surface area contributed by atoms with Crippen molar-refractivity contribution in [2.24, 2.45) is 5.41 Å². The molecular weight excluding hydrogens is 294 g/mol. The lowest BCUT2D eigenvalue weighted by molar-refractivity contribution is -0.122. The molecule has 5 nitrogen and oxygen atoms in total. The molecule has 1 amide bonds. The number of rotatable bonds is 8. The second-order valence-electron chi connectivity index (χ2n) is 5.85. The van der Waals surface area contributed by atoms with Crippen molar-refractivity contribution in [1.82, 2.24) is 10.2 Å². The van der Waals surface area contributed by atoms with Crippen molar-refractivity contribution in [3.05, 3.63) is 35.4 Å². The van der Waals surface area contributed by atoms with Crippen LogP contribution in [-0.4, -0.2) is 54.4 Å². The molecule has 1 rings (SSSR count). The van der Waals surface area contributed by atoms with Crippen LogP contribution in [0.15, 0.2) is 18.2 Å². The Hall–Kier alpha value is -1.57. The minimum Gasteiger partial charge on any atom is -0.396 e. The summed E-state index contributed by atoms with van der Waals surface area (Å²) in [6.45, 7) is 1.72. The maximum absolute atomic E-state index is 13.0. The molecule has 0 aliphatic rings. The molecule has 0 atom stereocenters. The molecule has 0 saturated carbocycles. The fourth-order valence-corrected chi connectivity index (χ4v) is 2.07. The molecule has 1 aromatic carbocycles. The summed E-state index contributed by atoms with van der Waals surface area (Å²) >= 11 is 0. The van der Waals surface area contributed by atoms with Gasteiger partial charge in [-0.15, -0.1) is 0 Å². The number of carbonyl (C=O) groups is 1. The number of halogens is 2. The van der Waals surface area contributed by atoms with Crippen LogP contribution in [-0.2, 0) is 11.3 Å². The Morgan fingerprint density at radius 3 is 2.27 bits per heavy atom. The molecule has 0 radical (unpaired) electrons. The van der Waals surface area contributed by atoms with E-state index in [1.165, 1.54) is 0 Å². The van der Waals surface area contributed by atoms with Crippen molar-refractivity contribution in [2.75, 3.05) is 33.4 Å². The van der Waals surface area contributed by atoms with Gasteiger partial charge in [0.1, 0.15) is 11.6 Å². The Kier molecular flexibility index (Phi) is 6.86. The van der Waals surface area contributed by atoms with E-state index in [0.717, 1.165) is 18.2 Å². The molecule has 3 N–H and O–H groups in total. The highest BCUT2D eigenvalue weighted by atomic mass is 19.1. The second kappa shape index (κ2) is 8.17.